The topological polar surface area (TPSA) is 122 Å². The van der Waals surface area contributed by atoms with Gasteiger partial charge < -0.3 is 16.2 Å². The van der Waals surface area contributed by atoms with Crippen molar-refractivity contribution in [1.29, 1.82) is 0 Å². The number of fused-ring (bicyclic) bond motifs is 1. The number of hydrogen-bond donors (Lipinski definition) is 2. The van der Waals surface area contributed by atoms with Gasteiger partial charge >= 0.3 is 0 Å². The highest BCUT2D eigenvalue weighted by molar-refractivity contribution is 6.12. The van der Waals surface area contributed by atoms with E-state index in [-0.39, 0.29) is 22.6 Å². The van der Waals surface area contributed by atoms with E-state index in [1.807, 2.05) is 26.0 Å². The largest absolute Gasteiger partial charge is 0.496 e. The van der Waals surface area contributed by atoms with Crippen molar-refractivity contribution in [2.45, 2.75) is 20.8 Å². The Morgan fingerprint density at radius 1 is 1.15 bits per heavy atom. The van der Waals surface area contributed by atoms with Gasteiger partial charge in [-0.3, -0.25) is 14.3 Å². The number of amides is 1. The first-order valence-corrected chi connectivity index (χ1v) is 9.99. The molecule has 1 aromatic carbocycles. The predicted molar refractivity (Wildman–Crippen MR) is 123 cm³/mol. The number of aryl methyl sites for hydroxylation is 2. The fraction of sp³-hybridized carbons (Fsp3) is 0.167. The number of ether oxygens (including phenoxy) is 1. The fourth-order valence-electron chi connectivity index (χ4n) is 3.86. The molecule has 4 aromatic rings. The molecule has 166 valence electrons. The highest BCUT2D eigenvalue weighted by Crippen LogP contribution is 2.36. The molecule has 0 spiro atoms. The van der Waals surface area contributed by atoms with Crippen molar-refractivity contribution in [3.8, 4) is 23.3 Å². The summed E-state index contributed by atoms with van der Waals surface area (Å²) in [6, 6.07) is 5.19. The third-order valence-corrected chi connectivity index (χ3v) is 5.32. The molecule has 0 saturated carbocycles. The van der Waals surface area contributed by atoms with Crippen LogP contribution in [0.1, 0.15) is 38.6 Å². The molecule has 0 radical (unpaired) electrons. The Bertz CT molecular complexity index is 1500. The summed E-state index contributed by atoms with van der Waals surface area (Å²) in [5, 5.41) is 0.300. The second-order valence-corrected chi connectivity index (χ2v) is 7.44. The molecule has 0 aliphatic carbocycles. The average molecular weight is 444 g/mol. The molecular formula is C24H21FN6O2. The van der Waals surface area contributed by atoms with E-state index >= 15 is 0 Å². The second-order valence-electron chi connectivity index (χ2n) is 7.44. The number of nitrogens with zero attached hydrogens (tertiary/aromatic N) is 4. The Labute approximate surface area is 189 Å². The minimum Gasteiger partial charge on any atom is -0.496 e. The van der Waals surface area contributed by atoms with Crippen LogP contribution in [0.4, 0.5) is 10.2 Å². The van der Waals surface area contributed by atoms with Gasteiger partial charge in [-0.25, -0.2) is 14.4 Å². The molecule has 9 heteroatoms. The van der Waals surface area contributed by atoms with Crippen LogP contribution in [0.5, 0.6) is 5.75 Å². The van der Waals surface area contributed by atoms with E-state index in [4.69, 9.17) is 16.2 Å². The van der Waals surface area contributed by atoms with E-state index in [9.17, 15) is 9.18 Å². The first-order valence-electron chi connectivity index (χ1n) is 9.99. The molecule has 0 saturated heterocycles. The maximum Gasteiger partial charge on any atom is 0.253 e. The van der Waals surface area contributed by atoms with E-state index in [1.165, 1.54) is 12.3 Å². The number of nitrogen functional groups attached to an aromatic ring is 1. The summed E-state index contributed by atoms with van der Waals surface area (Å²) in [7, 11) is 1.58. The van der Waals surface area contributed by atoms with Gasteiger partial charge in [0.15, 0.2) is 11.5 Å². The Morgan fingerprint density at radius 2 is 1.91 bits per heavy atom. The number of halogens is 1. The van der Waals surface area contributed by atoms with Crippen molar-refractivity contribution in [2.75, 3.05) is 12.8 Å². The van der Waals surface area contributed by atoms with Gasteiger partial charge in [-0.05, 0) is 44.4 Å². The summed E-state index contributed by atoms with van der Waals surface area (Å²) >= 11 is 0. The van der Waals surface area contributed by atoms with E-state index < -0.39 is 11.7 Å². The molecule has 0 bridgehead atoms. The van der Waals surface area contributed by atoms with Gasteiger partial charge in [-0.15, -0.1) is 0 Å². The number of benzene rings is 1. The van der Waals surface area contributed by atoms with Crippen LogP contribution in [-0.4, -0.2) is 32.5 Å². The summed E-state index contributed by atoms with van der Waals surface area (Å²) in [5.41, 5.74) is 15.3. The molecule has 1 amide bonds. The lowest BCUT2D eigenvalue weighted by Gasteiger charge is -2.16. The number of aromatic nitrogens is 4. The van der Waals surface area contributed by atoms with Crippen molar-refractivity contribution in [3.63, 3.8) is 0 Å². The van der Waals surface area contributed by atoms with Crippen LogP contribution in [0.3, 0.4) is 0 Å². The highest BCUT2D eigenvalue weighted by Gasteiger charge is 2.26. The number of primary amides is 1. The number of nitrogens with two attached hydrogens (primary N) is 2. The Hall–Kier alpha value is -4.45. The van der Waals surface area contributed by atoms with Crippen molar-refractivity contribution in [3.05, 3.63) is 70.2 Å². The Morgan fingerprint density at radius 3 is 2.58 bits per heavy atom. The number of anilines is 1. The van der Waals surface area contributed by atoms with E-state index in [2.05, 4.69) is 26.8 Å². The molecule has 33 heavy (non-hydrogen) atoms. The second kappa shape index (κ2) is 8.24. The SMILES string of the molecule is COc1ccc(C)c(-n2c(N)c(C(N)=O)c3c(C#Cc4ccncc4F)nc(C)nc32)c1C. The van der Waals surface area contributed by atoms with Gasteiger partial charge in [0.05, 0.1) is 35.5 Å². The zero-order valence-corrected chi connectivity index (χ0v) is 18.5. The van der Waals surface area contributed by atoms with E-state index in [1.54, 1.807) is 18.6 Å². The maximum absolute atomic E-state index is 14.0. The molecule has 0 unspecified atom stereocenters. The molecule has 0 aliphatic rings. The minimum absolute atomic E-state index is 0.0473. The Kier molecular flexibility index (Phi) is 5.44. The highest BCUT2D eigenvalue weighted by atomic mass is 19.1. The van der Waals surface area contributed by atoms with Crippen molar-refractivity contribution in [1.82, 2.24) is 19.5 Å². The zero-order valence-electron chi connectivity index (χ0n) is 18.5. The molecule has 0 aliphatic heterocycles. The van der Waals surface area contributed by atoms with Gasteiger partial charge in [0.2, 0.25) is 0 Å². The van der Waals surface area contributed by atoms with Crippen LogP contribution in [-0.2, 0) is 0 Å². The normalized spacial score (nSPS) is 10.7. The third kappa shape index (κ3) is 3.61. The number of methoxy groups -OCH3 is 1. The van der Waals surface area contributed by atoms with Crippen LogP contribution >= 0.6 is 0 Å². The summed E-state index contributed by atoms with van der Waals surface area (Å²) < 4.78 is 21.2. The lowest BCUT2D eigenvalue weighted by atomic mass is 10.1. The minimum atomic E-state index is -0.750. The summed E-state index contributed by atoms with van der Waals surface area (Å²) in [6.45, 7) is 5.50. The number of pyridine rings is 1. The standard InChI is InChI=1S/C24H21FN6O2/c1-12-5-8-18(33-4)13(2)21(12)31-22(26)20(23(27)32)19-17(29-14(3)30-24(19)31)7-6-15-9-10-28-11-16(15)25/h5,8-11H,26H2,1-4H3,(H2,27,32). The van der Waals surface area contributed by atoms with Crippen molar-refractivity contribution in [2.24, 2.45) is 5.73 Å². The first kappa shape index (κ1) is 21.8. The third-order valence-electron chi connectivity index (χ3n) is 5.32. The predicted octanol–water partition coefficient (Wildman–Crippen LogP) is 2.97. The first-order chi connectivity index (χ1) is 15.7. The van der Waals surface area contributed by atoms with Crippen LogP contribution in [0.2, 0.25) is 0 Å². The van der Waals surface area contributed by atoms with Gasteiger partial charge in [0.25, 0.3) is 5.91 Å². The fourth-order valence-corrected chi connectivity index (χ4v) is 3.86. The lowest BCUT2D eigenvalue weighted by Crippen LogP contribution is -2.14. The molecule has 0 fully saturated rings. The van der Waals surface area contributed by atoms with Crippen molar-refractivity contribution < 1.29 is 13.9 Å². The average Bonchev–Trinajstić information content (AvgIpc) is 3.05. The van der Waals surface area contributed by atoms with Gasteiger partial charge in [0.1, 0.15) is 23.1 Å². The van der Waals surface area contributed by atoms with E-state index in [0.29, 0.717) is 28.3 Å². The van der Waals surface area contributed by atoms with Crippen LogP contribution in [0, 0.1) is 38.4 Å². The Balaban J connectivity index is 2.11. The molecule has 4 N–H and O–H groups in total. The summed E-state index contributed by atoms with van der Waals surface area (Å²) in [5.74, 6) is 5.44. The van der Waals surface area contributed by atoms with Crippen LogP contribution < -0.4 is 16.2 Å². The van der Waals surface area contributed by atoms with Crippen molar-refractivity contribution >= 4 is 22.8 Å². The quantitative estimate of drug-likeness (QED) is 0.469. The number of rotatable bonds is 3. The molecule has 8 nitrogen and oxygen atoms in total. The maximum atomic E-state index is 14.0. The summed E-state index contributed by atoms with van der Waals surface area (Å²) in [4.78, 5) is 25.1. The molecule has 3 heterocycles. The zero-order chi connectivity index (χ0) is 23.9. The summed E-state index contributed by atoms with van der Waals surface area (Å²) in [6.07, 6.45) is 2.51. The smallest absolute Gasteiger partial charge is 0.253 e. The number of carbonyl (C=O) groups is 1. The van der Waals surface area contributed by atoms with Gasteiger partial charge in [0, 0.05) is 11.8 Å². The van der Waals surface area contributed by atoms with Gasteiger partial charge in [-0.1, -0.05) is 12.0 Å². The molecule has 3 aromatic heterocycles. The monoisotopic (exact) mass is 444 g/mol. The lowest BCUT2D eigenvalue weighted by molar-refractivity contribution is 0.100. The van der Waals surface area contributed by atoms with E-state index in [0.717, 1.165) is 17.3 Å². The van der Waals surface area contributed by atoms with Crippen LogP contribution in [0.25, 0.3) is 16.7 Å². The number of carbonyl (C=O) groups excluding carboxylic acids is 1. The molecule has 4 rings (SSSR count). The van der Waals surface area contributed by atoms with Crippen LogP contribution in [0.15, 0.2) is 30.6 Å². The molecular weight excluding hydrogens is 423 g/mol. The molecule has 0 atom stereocenters. The van der Waals surface area contributed by atoms with Gasteiger partial charge in [-0.2, -0.15) is 0 Å². The number of hydrogen-bond acceptors (Lipinski definition) is 6.